The molecule has 2 unspecified atom stereocenters. The number of carbonyl (C=O) groups is 2. The lowest BCUT2D eigenvalue weighted by molar-refractivity contribution is -0.117. The number of halogens is 1. The van der Waals surface area contributed by atoms with Gasteiger partial charge in [-0.15, -0.1) is 0 Å². The molecule has 0 saturated carbocycles. The number of ketones is 1. The van der Waals surface area contributed by atoms with E-state index in [1.54, 1.807) is 11.8 Å². The highest BCUT2D eigenvalue weighted by Gasteiger charge is 2.41. The Labute approximate surface area is 263 Å². The molecule has 0 aromatic heterocycles. The van der Waals surface area contributed by atoms with Crippen LogP contribution in [0.15, 0.2) is 102 Å². The molecule has 224 valence electrons. The summed E-state index contributed by atoms with van der Waals surface area (Å²) in [6, 6.07) is 28.7. The second-order valence-corrected chi connectivity index (χ2v) is 11.8. The lowest BCUT2D eigenvalue weighted by Crippen LogP contribution is -2.37. The number of ether oxygens (including phenoxy) is 2. The zero-order valence-electron chi connectivity index (χ0n) is 25.1. The molecule has 2 atom stereocenters. The highest BCUT2D eigenvalue weighted by Crippen LogP contribution is 2.48. The van der Waals surface area contributed by atoms with E-state index in [9.17, 15) is 9.59 Å². The quantitative estimate of drug-likeness (QED) is 0.228. The molecule has 4 aromatic rings. The third kappa shape index (κ3) is 5.95. The van der Waals surface area contributed by atoms with Crippen LogP contribution in [0.2, 0.25) is 5.02 Å². The largest absolute Gasteiger partial charge is 0.490 e. The Bertz CT molecular complexity index is 1730. The molecule has 1 amide bonds. The van der Waals surface area contributed by atoms with Crippen LogP contribution in [-0.2, 0) is 16.2 Å². The highest BCUT2D eigenvalue weighted by molar-refractivity contribution is 6.30. The molecule has 1 aliphatic carbocycles. The van der Waals surface area contributed by atoms with Gasteiger partial charge in [-0.2, -0.15) is 0 Å². The minimum absolute atomic E-state index is 0.0226. The molecule has 0 radical (unpaired) electrons. The number of carbonyl (C=O) groups excluding carboxylic acids is 2. The number of hydrogen-bond donors (Lipinski definition) is 1. The number of benzene rings is 4. The van der Waals surface area contributed by atoms with E-state index in [2.05, 4.69) is 36.5 Å². The summed E-state index contributed by atoms with van der Waals surface area (Å²) in [5.41, 5.74) is 7.03. The minimum atomic E-state index is -0.644. The van der Waals surface area contributed by atoms with Crippen molar-refractivity contribution in [1.29, 1.82) is 0 Å². The lowest BCUT2D eigenvalue weighted by atomic mass is 9.78. The van der Waals surface area contributed by atoms with Gasteiger partial charge in [-0.25, -0.2) is 0 Å². The summed E-state index contributed by atoms with van der Waals surface area (Å²) in [6.45, 7) is 6.29. The van der Waals surface area contributed by atoms with E-state index in [0.717, 1.165) is 33.8 Å². The fourth-order valence-corrected chi connectivity index (χ4v) is 6.28. The summed E-state index contributed by atoms with van der Waals surface area (Å²) in [5, 5.41) is 4.25. The van der Waals surface area contributed by atoms with E-state index in [1.165, 1.54) is 5.56 Å². The number of nitrogens with one attached hydrogen (secondary N) is 1. The number of anilines is 2. The van der Waals surface area contributed by atoms with Gasteiger partial charge < -0.3 is 14.8 Å². The average molecular weight is 607 g/mol. The number of rotatable bonds is 7. The number of para-hydroxylation sites is 2. The maximum absolute atomic E-state index is 14.2. The number of Topliss-reactive ketones (excluding diaryl/α,β-unsaturated/α-hetero) is 1. The van der Waals surface area contributed by atoms with E-state index in [-0.39, 0.29) is 17.6 Å². The van der Waals surface area contributed by atoms with Gasteiger partial charge in [0.1, 0.15) is 6.61 Å². The Hall–Kier alpha value is -4.55. The van der Waals surface area contributed by atoms with Gasteiger partial charge in [-0.3, -0.25) is 14.5 Å². The van der Waals surface area contributed by atoms with Crippen molar-refractivity contribution in [1.82, 2.24) is 0 Å². The predicted octanol–water partition coefficient (Wildman–Crippen LogP) is 8.55. The molecule has 1 N–H and O–H groups in total. The van der Waals surface area contributed by atoms with Crippen LogP contribution in [0.3, 0.4) is 0 Å². The van der Waals surface area contributed by atoms with Crippen LogP contribution >= 0.6 is 11.6 Å². The van der Waals surface area contributed by atoms with Crippen molar-refractivity contribution >= 4 is 34.7 Å². The summed E-state index contributed by atoms with van der Waals surface area (Å²) in [6.07, 6.45) is 1.02. The first kappa shape index (κ1) is 29.5. The van der Waals surface area contributed by atoms with Crippen molar-refractivity contribution < 1.29 is 19.1 Å². The van der Waals surface area contributed by atoms with Crippen molar-refractivity contribution in [2.75, 3.05) is 16.8 Å². The molecule has 0 spiro atoms. The van der Waals surface area contributed by atoms with Gasteiger partial charge in [-0.1, -0.05) is 71.8 Å². The van der Waals surface area contributed by atoms with Crippen LogP contribution in [-0.4, -0.2) is 18.3 Å². The van der Waals surface area contributed by atoms with Gasteiger partial charge in [-0.05, 0) is 79.3 Å². The zero-order chi connectivity index (χ0) is 30.8. The summed E-state index contributed by atoms with van der Waals surface area (Å²) in [4.78, 5) is 29.4. The van der Waals surface area contributed by atoms with Crippen LogP contribution in [0.5, 0.6) is 11.5 Å². The maximum Gasteiger partial charge on any atom is 0.224 e. The topological polar surface area (TPSA) is 67.9 Å². The van der Waals surface area contributed by atoms with Gasteiger partial charge in [0.25, 0.3) is 0 Å². The molecule has 1 aliphatic heterocycles. The number of amides is 1. The van der Waals surface area contributed by atoms with Gasteiger partial charge in [0.15, 0.2) is 17.3 Å². The summed E-state index contributed by atoms with van der Waals surface area (Å²) < 4.78 is 12.2. The smallest absolute Gasteiger partial charge is 0.224 e. The summed E-state index contributed by atoms with van der Waals surface area (Å²) in [5.74, 6) is 1.03. The molecule has 44 heavy (non-hydrogen) atoms. The molecular formula is C37H35ClN2O4. The van der Waals surface area contributed by atoms with Crippen molar-refractivity contribution in [2.24, 2.45) is 0 Å². The normalized spacial score (nSPS) is 17.7. The van der Waals surface area contributed by atoms with Crippen molar-refractivity contribution in [3.63, 3.8) is 0 Å². The number of aryl methyl sites for hydroxylation is 1. The van der Waals surface area contributed by atoms with E-state index in [1.807, 2.05) is 73.7 Å². The minimum Gasteiger partial charge on any atom is -0.490 e. The zero-order valence-corrected chi connectivity index (χ0v) is 25.9. The Morgan fingerprint density at radius 1 is 0.909 bits per heavy atom. The fraction of sp³-hybridized carbons (Fsp3) is 0.243. The Balaban J connectivity index is 1.44. The third-order valence-corrected chi connectivity index (χ3v) is 8.52. The molecule has 7 heteroatoms. The van der Waals surface area contributed by atoms with Crippen molar-refractivity contribution in [3.8, 4) is 11.5 Å². The van der Waals surface area contributed by atoms with Gasteiger partial charge in [0, 0.05) is 29.6 Å². The van der Waals surface area contributed by atoms with E-state index in [4.69, 9.17) is 21.1 Å². The molecular weight excluding hydrogens is 572 g/mol. The molecule has 0 saturated heterocycles. The first-order valence-electron chi connectivity index (χ1n) is 14.9. The predicted molar refractivity (Wildman–Crippen MR) is 175 cm³/mol. The molecule has 0 bridgehead atoms. The van der Waals surface area contributed by atoms with Crippen LogP contribution in [0, 0.1) is 6.92 Å². The van der Waals surface area contributed by atoms with E-state index in [0.29, 0.717) is 48.2 Å². The standard InChI is InChI=1S/C37H35ClN2O4/c1-4-43-35-21-27(15-18-34(35)44-22-25-11-16-29(38)17-12-25)37-36-31(39-30-7-5-6-8-32(30)40(37)24(3)41)19-28(20-33(36)42)26-13-9-23(2)10-14-26/h5-18,21,28,37,39H,4,19-20,22H2,1-3H3. The van der Waals surface area contributed by atoms with Gasteiger partial charge in [0.2, 0.25) is 5.91 Å². The summed E-state index contributed by atoms with van der Waals surface area (Å²) in [7, 11) is 0. The van der Waals surface area contributed by atoms with E-state index < -0.39 is 6.04 Å². The molecule has 6 nitrogen and oxygen atoms in total. The Morgan fingerprint density at radius 2 is 1.64 bits per heavy atom. The second kappa shape index (κ2) is 12.6. The van der Waals surface area contributed by atoms with Gasteiger partial charge >= 0.3 is 0 Å². The van der Waals surface area contributed by atoms with Crippen molar-refractivity contribution in [2.45, 2.75) is 52.2 Å². The SMILES string of the molecule is CCOc1cc(C2C3=C(CC(c4ccc(C)cc4)CC3=O)Nc3ccccc3N2C(C)=O)ccc1OCc1ccc(Cl)cc1. The van der Waals surface area contributed by atoms with Crippen LogP contribution in [0.4, 0.5) is 11.4 Å². The fourth-order valence-electron chi connectivity index (χ4n) is 6.15. The van der Waals surface area contributed by atoms with E-state index >= 15 is 0 Å². The summed E-state index contributed by atoms with van der Waals surface area (Å²) >= 11 is 6.05. The Kier molecular flexibility index (Phi) is 8.45. The van der Waals surface area contributed by atoms with Crippen molar-refractivity contribution in [3.05, 3.63) is 130 Å². The molecule has 2 aliphatic rings. The first-order chi connectivity index (χ1) is 21.3. The van der Waals surface area contributed by atoms with Crippen LogP contribution in [0.1, 0.15) is 60.9 Å². The number of hydrogen-bond acceptors (Lipinski definition) is 5. The monoisotopic (exact) mass is 606 g/mol. The number of nitrogens with zero attached hydrogens (tertiary/aromatic N) is 1. The van der Waals surface area contributed by atoms with Gasteiger partial charge in [0.05, 0.1) is 24.0 Å². The maximum atomic E-state index is 14.2. The first-order valence-corrected chi connectivity index (χ1v) is 15.3. The number of fused-ring (bicyclic) bond motifs is 1. The number of allylic oxidation sites excluding steroid dienone is 1. The second-order valence-electron chi connectivity index (χ2n) is 11.3. The molecule has 0 fully saturated rings. The molecule has 4 aromatic carbocycles. The lowest BCUT2D eigenvalue weighted by Gasteiger charge is -2.35. The molecule has 1 heterocycles. The van der Waals surface area contributed by atoms with Crippen LogP contribution < -0.4 is 19.7 Å². The molecule has 6 rings (SSSR count). The Morgan fingerprint density at radius 3 is 2.36 bits per heavy atom. The highest BCUT2D eigenvalue weighted by atomic mass is 35.5. The average Bonchev–Trinajstić information content (AvgIpc) is 3.16. The third-order valence-electron chi connectivity index (χ3n) is 8.27. The van der Waals surface area contributed by atoms with Crippen LogP contribution in [0.25, 0.3) is 0 Å².